The number of hydrogen-bond donors (Lipinski definition) is 0. The molecule has 0 saturated heterocycles. The standard InChI is InChI=1S/C26H40GeN/c1-19-13-14-22(26(2,3)4)16-23(19)25-17-24(27(5,6)7)21(18-28(25)8)15-20-11-9-10-12-20/h13-14,16-18,20H,9-12,15H2,1-8H3/q+1. The van der Waals surface area contributed by atoms with Crippen molar-refractivity contribution in [1.29, 1.82) is 0 Å². The Balaban J connectivity index is 2.12. The van der Waals surface area contributed by atoms with Gasteiger partial charge in [-0.1, -0.05) is 0 Å². The molecule has 0 amide bonds. The van der Waals surface area contributed by atoms with Gasteiger partial charge in [0.25, 0.3) is 0 Å². The maximum atomic E-state index is 2.57. The fraction of sp³-hybridized carbons (Fsp3) is 0.577. The van der Waals surface area contributed by atoms with Crippen LogP contribution in [0.4, 0.5) is 0 Å². The molecule has 1 aliphatic rings. The van der Waals surface area contributed by atoms with Crippen molar-refractivity contribution in [3.63, 3.8) is 0 Å². The normalized spacial score (nSPS) is 16.0. The number of benzene rings is 1. The summed E-state index contributed by atoms with van der Waals surface area (Å²) in [6, 6.07) is 9.61. The van der Waals surface area contributed by atoms with Crippen molar-refractivity contribution >= 4 is 17.7 Å². The number of hydrogen-bond acceptors (Lipinski definition) is 0. The zero-order valence-electron chi connectivity index (χ0n) is 19.4. The van der Waals surface area contributed by atoms with Crippen LogP contribution in [0.15, 0.2) is 30.5 Å². The van der Waals surface area contributed by atoms with E-state index < -0.39 is 13.3 Å². The number of aryl methyl sites for hydroxylation is 2. The molecule has 0 radical (unpaired) electrons. The van der Waals surface area contributed by atoms with Gasteiger partial charge in [0.2, 0.25) is 0 Å². The second-order valence-corrected chi connectivity index (χ2v) is 21.7. The summed E-state index contributed by atoms with van der Waals surface area (Å²) >= 11 is -1.97. The van der Waals surface area contributed by atoms with Gasteiger partial charge < -0.3 is 0 Å². The van der Waals surface area contributed by atoms with Crippen molar-refractivity contribution in [3.05, 3.63) is 47.2 Å². The first-order chi connectivity index (χ1) is 13.0. The number of pyridine rings is 1. The molecule has 0 unspecified atom stereocenters. The Morgan fingerprint density at radius 2 is 1.68 bits per heavy atom. The topological polar surface area (TPSA) is 3.88 Å². The van der Waals surface area contributed by atoms with E-state index in [0.29, 0.717) is 0 Å². The van der Waals surface area contributed by atoms with Gasteiger partial charge >= 0.3 is 176 Å². The third kappa shape index (κ3) is 4.72. The van der Waals surface area contributed by atoms with E-state index in [1.807, 2.05) is 0 Å². The van der Waals surface area contributed by atoms with Gasteiger partial charge in [-0.05, 0) is 0 Å². The molecule has 1 aromatic heterocycles. The van der Waals surface area contributed by atoms with Crippen molar-refractivity contribution in [1.82, 2.24) is 0 Å². The van der Waals surface area contributed by atoms with E-state index in [1.54, 1.807) is 9.96 Å². The molecule has 1 aromatic carbocycles. The first-order valence-corrected chi connectivity index (χ1v) is 18.5. The van der Waals surface area contributed by atoms with Gasteiger partial charge in [-0.15, -0.1) is 0 Å². The zero-order chi connectivity index (χ0) is 20.7. The van der Waals surface area contributed by atoms with E-state index in [-0.39, 0.29) is 5.41 Å². The Bertz CT molecular complexity index is 846. The molecule has 1 saturated carbocycles. The summed E-state index contributed by atoms with van der Waals surface area (Å²) in [7, 11) is 2.25. The summed E-state index contributed by atoms with van der Waals surface area (Å²) in [5, 5.41) is 0. The van der Waals surface area contributed by atoms with Crippen LogP contribution >= 0.6 is 0 Å². The van der Waals surface area contributed by atoms with Gasteiger partial charge in [-0.2, -0.15) is 0 Å². The van der Waals surface area contributed by atoms with Gasteiger partial charge in [0, 0.05) is 0 Å². The maximum absolute atomic E-state index is 2.57. The Morgan fingerprint density at radius 3 is 2.25 bits per heavy atom. The minimum atomic E-state index is -1.97. The molecule has 0 spiro atoms. The van der Waals surface area contributed by atoms with Crippen LogP contribution in [0.2, 0.25) is 17.3 Å². The van der Waals surface area contributed by atoms with Gasteiger partial charge in [0.1, 0.15) is 0 Å². The summed E-state index contributed by atoms with van der Waals surface area (Å²) in [6.07, 6.45) is 9.47. The fourth-order valence-electron chi connectivity index (χ4n) is 4.72. The van der Waals surface area contributed by atoms with Crippen LogP contribution in [0.5, 0.6) is 0 Å². The van der Waals surface area contributed by atoms with Crippen molar-refractivity contribution in [3.8, 4) is 11.3 Å². The molecule has 0 aliphatic heterocycles. The molecular weight excluding hydrogens is 399 g/mol. The van der Waals surface area contributed by atoms with Gasteiger partial charge in [0.15, 0.2) is 0 Å². The fourth-order valence-corrected chi connectivity index (χ4v) is 8.29. The summed E-state index contributed by atoms with van der Waals surface area (Å²) in [5.41, 5.74) is 7.38. The molecular formula is C26H40GeN+. The van der Waals surface area contributed by atoms with Crippen LogP contribution in [0.1, 0.15) is 63.1 Å². The molecule has 3 rings (SSSR count). The van der Waals surface area contributed by atoms with E-state index in [9.17, 15) is 0 Å². The number of nitrogens with zero attached hydrogens (tertiary/aromatic N) is 1. The first-order valence-electron chi connectivity index (χ1n) is 11.1. The van der Waals surface area contributed by atoms with Crippen LogP contribution in [-0.2, 0) is 18.9 Å². The Hall–Kier alpha value is -1.09. The monoisotopic (exact) mass is 440 g/mol. The van der Waals surface area contributed by atoms with Crippen LogP contribution in [0.3, 0.4) is 0 Å². The molecule has 1 nitrogen and oxygen atoms in total. The molecule has 0 N–H and O–H groups in total. The second kappa shape index (κ2) is 7.97. The quantitative estimate of drug-likeness (QED) is 0.403. The van der Waals surface area contributed by atoms with E-state index in [4.69, 9.17) is 0 Å². The number of rotatable bonds is 4. The second-order valence-electron chi connectivity index (χ2n) is 11.1. The van der Waals surface area contributed by atoms with Crippen molar-refractivity contribution < 1.29 is 4.57 Å². The van der Waals surface area contributed by atoms with Crippen molar-refractivity contribution in [2.24, 2.45) is 13.0 Å². The van der Waals surface area contributed by atoms with Crippen molar-refractivity contribution in [2.75, 3.05) is 0 Å². The Morgan fingerprint density at radius 1 is 1.04 bits per heavy atom. The molecule has 152 valence electrons. The predicted octanol–water partition coefficient (Wildman–Crippen LogP) is 6.06. The Labute approximate surface area is 175 Å². The average molecular weight is 439 g/mol. The minimum absolute atomic E-state index is 0.175. The number of aromatic nitrogens is 1. The molecule has 1 aliphatic carbocycles. The van der Waals surface area contributed by atoms with Crippen LogP contribution < -0.4 is 8.96 Å². The first kappa shape index (κ1) is 21.6. The van der Waals surface area contributed by atoms with Crippen LogP contribution in [0.25, 0.3) is 11.3 Å². The molecule has 0 bridgehead atoms. The van der Waals surface area contributed by atoms with E-state index >= 15 is 0 Å². The third-order valence-electron chi connectivity index (χ3n) is 6.53. The third-order valence-corrected chi connectivity index (χ3v) is 10.9. The summed E-state index contributed by atoms with van der Waals surface area (Å²) in [6.45, 7) is 9.18. The van der Waals surface area contributed by atoms with E-state index in [2.05, 4.69) is 87.0 Å². The predicted molar refractivity (Wildman–Crippen MR) is 125 cm³/mol. The van der Waals surface area contributed by atoms with Gasteiger partial charge in [0.05, 0.1) is 0 Å². The Kier molecular flexibility index (Phi) is 6.16. The summed E-state index contributed by atoms with van der Waals surface area (Å²) < 4.78 is 4.11. The van der Waals surface area contributed by atoms with Crippen LogP contribution in [0, 0.1) is 12.8 Å². The van der Waals surface area contributed by atoms with Crippen LogP contribution in [-0.4, -0.2) is 13.3 Å². The molecule has 2 aromatic rings. The van der Waals surface area contributed by atoms with E-state index in [1.165, 1.54) is 54.5 Å². The molecule has 2 heteroatoms. The molecule has 28 heavy (non-hydrogen) atoms. The SMILES string of the molecule is Cc1ccc(C(C)(C)C)cc1-c1c[c]([Ge]([CH3])([CH3])[CH3])c(CC2CCCC2)c[n+]1C. The van der Waals surface area contributed by atoms with Gasteiger partial charge in [-0.3, -0.25) is 0 Å². The molecule has 1 heterocycles. The molecule has 1 fully saturated rings. The molecule has 0 atom stereocenters. The zero-order valence-corrected chi connectivity index (χ0v) is 21.5. The summed E-state index contributed by atoms with van der Waals surface area (Å²) in [5.74, 6) is 8.56. The summed E-state index contributed by atoms with van der Waals surface area (Å²) in [4.78, 5) is 0. The van der Waals surface area contributed by atoms with E-state index in [0.717, 1.165) is 5.92 Å². The van der Waals surface area contributed by atoms with Crippen molar-refractivity contribution in [2.45, 2.75) is 82.5 Å². The van der Waals surface area contributed by atoms with Gasteiger partial charge in [-0.25, -0.2) is 0 Å². The average Bonchev–Trinajstić information content (AvgIpc) is 3.06.